The van der Waals surface area contributed by atoms with Crippen LogP contribution in [0.15, 0.2) is 11.8 Å². The molecule has 0 spiro atoms. The predicted molar refractivity (Wildman–Crippen MR) is 38.3 cm³/mol. The molecule has 0 amide bonds. The summed E-state index contributed by atoms with van der Waals surface area (Å²) < 4.78 is 15.5. The van der Waals surface area contributed by atoms with Crippen molar-refractivity contribution in [3.05, 3.63) is 11.8 Å². The number of aliphatic hydroxyl groups excluding tert-OH is 1. The summed E-state index contributed by atoms with van der Waals surface area (Å²) in [4.78, 5) is 10.0. The number of hydrogen-bond acceptors (Lipinski definition) is 2. The van der Waals surface area contributed by atoms with Crippen molar-refractivity contribution >= 4 is 5.78 Å². The summed E-state index contributed by atoms with van der Waals surface area (Å²) in [6.07, 6.45) is 1.17. The first-order chi connectivity index (χ1) is 5.13. The van der Waals surface area contributed by atoms with Crippen molar-refractivity contribution in [1.29, 1.82) is 0 Å². The molecule has 0 aromatic rings. The van der Waals surface area contributed by atoms with Gasteiger partial charge in [-0.3, -0.25) is 4.79 Å². The van der Waals surface area contributed by atoms with Crippen LogP contribution < -0.4 is 0 Å². The molecular formula is C7H10IrO4+2. The van der Waals surface area contributed by atoms with Crippen LogP contribution in [0.4, 0.5) is 0 Å². The second kappa shape index (κ2) is 22.4. The normalized spacial score (nSPS) is 7.00. The number of aliphatic hydroxyl groups is 1. The summed E-state index contributed by atoms with van der Waals surface area (Å²) in [5.74, 6) is -0.0625. The topological polar surface area (TPSA) is 77.1 Å². The van der Waals surface area contributed by atoms with Crippen molar-refractivity contribution in [2.75, 3.05) is 0 Å². The third-order valence-electron chi connectivity index (χ3n) is 0.412. The molecule has 0 unspecified atom stereocenters. The van der Waals surface area contributed by atoms with Gasteiger partial charge in [0.1, 0.15) is 0 Å². The first kappa shape index (κ1) is 22.5. The fourth-order valence-electron chi connectivity index (χ4n) is 0.294. The molecule has 0 saturated heterocycles. The van der Waals surface area contributed by atoms with Gasteiger partial charge in [-0.1, -0.05) is 0 Å². The van der Waals surface area contributed by atoms with E-state index in [9.17, 15) is 4.79 Å². The number of carbonyl (C=O) groups excluding carboxylic acids is 1. The molecule has 1 N–H and O–H groups in total. The minimum atomic E-state index is -0.125. The predicted octanol–water partition coefficient (Wildman–Crippen LogP) is 1.05. The summed E-state index contributed by atoms with van der Waals surface area (Å²) in [7, 11) is 0. The summed E-state index contributed by atoms with van der Waals surface area (Å²) in [5, 5.41) is 8.36. The number of rotatable bonds is 1. The van der Waals surface area contributed by atoms with Gasteiger partial charge in [0.15, 0.2) is 5.78 Å². The second-order valence-electron chi connectivity index (χ2n) is 1.40. The van der Waals surface area contributed by atoms with E-state index in [1.54, 1.807) is 0 Å². The van der Waals surface area contributed by atoms with Crippen molar-refractivity contribution in [3.63, 3.8) is 0 Å². The molecule has 5 heteroatoms. The van der Waals surface area contributed by atoms with E-state index in [-0.39, 0.29) is 31.6 Å². The van der Waals surface area contributed by atoms with Crippen molar-refractivity contribution in [3.8, 4) is 13.3 Å². The van der Waals surface area contributed by atoms with Crippen LogP contribution in [0, 0.1) is 13.3 Å². The zero-order valence-electron chi connectivity index (χ0n) is 6.74. The quantitative estimate of drug-likeness (QED) is 0.436. The van der Waals surface area contributed by atoms with Gasteiger partial charge >= 0.3 is 22.6 Å². The van der Waals surface area contributed by atoms with Gasteiger partial charge in [-0.25, -0.2) is 0 Å². The Balaban J connectivity index is -0.0000000560. The van der Waals surface area contributed by atoms with Crippen LogP contribution in [0.5, 0.6) is 0 Å². The van der Waals surface area contributed by atoms with Gasteiger partial charge < -0.3 is 5.11 Å². The van der Waals surface area contributed by atoms with E-state index >= 15 is 0 Å². The Bertz CT molecular complexity index is 159. The molecule has 69 valence electrons. The zero-order chi connectivity index (χ0) is 9.86. The Morgan fingerprint density at radius 3 is 1.50 bits per heavy atom. The number of hydrogen-bond donors (Lipinski definition) is 1. The average molecular weight is 350 g/mol. The molecular weight excluding hydrogens is 340 g/mol. The summed E-state index contributed by atoms with van der Waals surface area (Å²) in [6.45, 7) is 9.35. The minimum Gasteiger partial charge on any atom is -0.512 e. The molecule has 0 aliphatic rings. The van der Waals surface area contributed by atoms with Gasteiger partial charge in [0.25, 0.3) is 0 Å². The van der Waals surface area contributed by atoms with E-state index in [4.69, 9.17) is 14.4 Å². The largest absolute Gasteiger partial charge is 0.512 e. The maximum absolute atomic E-state index is 10.0. The number of allylic oxidation sites excluding steroid dienone is 2. The van der Waals surface area contributed by atoms with Crippen LogP contribution in [0.1, 0.15) is 13.8 Å². The monoisotopic (exact) mass is 351 g/mol. The molecule has 0 fully saturated rings. The summed E-state index contributed by atoms with van der Waals surface area (Å²) in [5.41, 5.74) is 0. The average Bonchev–Trinajstić information content (AvgIpc) is 1.93. The first-order valence-electron chi connectivity index (χ1n) is 2.48. The van der Waals surface area contributed by atoms with Crippen molar-refractivity contribution < 1.29 is 39.3 Å². The summed E-state index contributed by atoms with van der Waals surface area (Å²) >= 11 is 0. The Morgan fingerprint density at radius 1 is 1.25 bits per heavy atom. The Morgan fingerprint density at radius 2 is 1.50 bits per heavy atom. The van der Waals surface area contributed by atoms with Crippen molar-refractivity contribution in [1.82, 2.24) is 0 Å². The van der Waals surface area contributed by atoms with Crippen LogP contribution in [-0.4, -0.2) is 10.9 Å². The molecule has 0 aliphatic carbocycles. The van der Waals surface area contributed by atoms with Gasteiger partial charge in [-0.15, -0.1) is 0 Å². The van der Waals surface area contributed by atoms with E-state index in [2.05, 4.69) is 13.3 Å². The molecule has 0 saturated carbocycles. The molecule has 0 bridgehead atoms. The smallest absolute Gasteiger partial charge is 0.155 e. The molecule has 0 aromatic heterocycles. The first-order valence-corrected chi connectivity index (χ1v) is 2.48. The van der Waals surface area contributed by atoms with Gasteiger partial charge in [0, 0.05) is 26.2 Å². The zero-order valence-corrected chi connectivity index (χ0v) is 9.13. The van der Waals surface area contributed by atoms with E-state index in [1.807, 2.05) is 0 Å². The molecule has 0 atom stereocenters. The third-order valence-corrected chi connectivity index (χ3v) is 0.412. The van der Waals surface area contributed by atoms with Crippen LogP contribution >= 0.6 is 0 Å². The van der Waals surface area contributed by atoms with Gasteiger partial charge in [0.05, 0.1) is 5.76 Å². The van der Waals surface area contributed by atoms with Crippen LogP contribution in [0.25, 0.3) is 0 Å². The number of carbonyl (C=O) groups is 1. The van der Waals surface area contributed by atoms with Crippen LogP contribution in [-0.2, 0) is 34.2 Å². The Kier molecular flexibility index (Phi) is 42.1. The van der Waals surface area contributed by atoms with Gasteiger partial charge in [0.2, 0.25) is 0 Å². The molecule has 0 aromatic carbocycles. The second-order valence-corrected chi connectivity index (χ2v) is 1.40. The molecule has 4 nitrogen and oxygen atoms in total. The molecule has 0 rings (SSSR count). The number of ketones is 1. The van der Waals surface area contributed by atoms with Crippen molar-refractivity contribution in [2.45, 2.75) is 13.8 Å². The Hall–Kier alpha value is -0.661. The van der Waals surface area contributed by atoms with E-state index in [0.29, 0.717) is 0 Å². The Labute approximate surface area is 84.4 Å². The fraction of sp³-hybridized carbons (Fsp3) is 0.286. The maximum Gasteiger partial charge on any atom is 0.155 e. The van der Waals surface area contributed by atoms with Gasteiger partial charge in [-0.2, -0.15) is 0 Å². The molecule has 0 aliphatic heterocycles. The SMILES string of the molecule is C#[O+].C#[O+].CC(=O)C=C(C)O.[Ir]. The van der Waals surface area contributed by atoms with E-state index in [0.717, 1.165) is 0 Å². The van der Waals surface area contributed by atoms with E-state index in [1.165, 1.54) is 19.9 Å². The standard InChI is InChI=1S/C5H8O2.2CHO.Ir/c1-4(6)3-5(2)7;2*1-2;/h3,6H,1-2H3;2*1H;/q;2*+1;. The summed E-state index contributed by atoms with van der Waals surface area (Å²) in [6, 6.07) is 0. The van der Waals surface area contributed by atoms with Crippen LogP contribution in [0.3, 0.4) is 0 Å². The maximum atomic E-state index is 10.0. The fourth-order valence-corrected chi connectivity index (χ4v) is 0.294. The molecule has 0 heterocycles. The van der Waals surface area contributed by atoms with E-state index < -0.39 is 0 Å². The molecule has 12 heavy (non-hydrogen) atoms. The molecule has 1 radical (unpaired) electrons. The van der Waals surface area contributed by atoms with Crippen molar-refractivity contribution in [2.24, 2.45) is 0 Å². The third kappa shape index (κ3) is 58.2. The van der Waals surface area contributed by atoms with Gasteiger partial charge in [-0.05, 0) is 13.8 Å². The van der Waals surface area contributed by atoms with Crippen LogP contribution in [0.2, 0.25) is 0 Å². The minimum absolute atomic E-state index is 0.